The van der Waals surface area contributed by atoms with Gasteiger partial charge in [-0.05, 0) is 116 Å². The first-order valence-corrected chi connectivity index (χ1v) is 18.1. The molecule has 13 heteroatoms. The zero-order chi connectivity index (χ0) is 37.5. The second kappa shape index (κ2) is 14.5. The van der Waals surface area contributed by atoms with Gasteiger partial charge in [0.25, 0.3) is 6.43 Å². The van der Waals surface area contributed by atoms with Gasteiger partial charge in [-0.3, -0.25) is 19.6 Å². The number of aliphatic carboxylic acids is 1. The number of carboxylic acids is 1. The minimum absolute atomic E-state index is 0.208. The predicted molar refractivity (Wildman–Crippen MR) is 200 cm³/mol. The van der Waals surface area contributed by atoms with E-state index in [9.17, 15) is 23.9 Å². The number of nitrogens with zero attached hydrogens (tertiary/aromatic N) is 7. The Kier molecular flexibility index (Phi) is 9.47. The average Bonchev–Trinajstić information content (AvgIpc) is 3.94. The number of carboxylic acid groups (broad SMARTS) is 1. The van der Waals surface area contributed by atoms with Gasteiger partial charge in [0, 0.05) is 37.1 Å². The molecule has 2 N–H and O–H groups in total. The fourth-order valence-electron chi connectivity index (χ4n) is 7.71. The summed E-state index contributed by atoms with van der Waals surface area (Å²) < 4.78 is 34.3. The summed E-state index contributed by atoms with van der Waals surface area (Å²) in [6.07, 6.45) is 1.81. The first-order valence-electron chi connectivity index (χ1n) is 18.1. The summed E-state index contributed by atoms with van der Waals surface area (Å²) in [6, 6.07) is 19.4. The number of carbonyl (C=O) groups is 1. The fourth-order valence-corrected chi connectivity index (χ4v) is 7.71. The van der Waals surface area contributed by atoms with Gasteiger partial charge in [-0.1, -0.05) is 24.3 Å². The van der Waals surface area contributed by atoms with Crippen LogP contribution in [0.1, 0.15) is 59.3 Å². The van der Waals surface area contributed by atoms with Crippen LogP contribution >= 0.6 is 0 Å². The zero-order valence-electron chi connectivity index (χ0n) is 29.9. The minimum Gasteiger partial charge on any atom is -0.481 e. The van der Waals surface area contributed by atoms with Crippen LogP contribution in [-0.4, -0.2) is 67.0 Å². The normalized spacial score (nSPS) is 16.5. The van der Waals surface area contributed by atoms with Crippen molar-refractivity contribution in [2.75, 3.05) is 31.5 Å². The Labute approximate surface area is 310 Å². The Balaban J connectivity index is 1.10. The monoisotopic (exact) mass is 728 g/mol. The van der Waals surface area contributed by atoms with Gasteiger partial charge < -0.3 is 14.8 Å². The SMILES string of the molecule is Cc1c(Nc2nc(C(F)F)nc3cc(CN4CCCC4)cnc23)cccc1-c1cccc(-c2nc3cc(CN4CCC(C(=O)O)C4)cc(C#N)c3o2)c1C. The van der Waals surface area contributed by atoms with Crippen LogP contribution in [0, 0.1) is 31.1 Å². The smallest absolute Gasteiger partial charge is 0.307 e. The van der Waals surface area contributed by atoms with Crippen LogP contribution in [0.15, 0.2) is 65.2 Å². The Bertz CT molecular complexity index is 2450. The lowest BCUT2D eigenvalue weighted by Gasteiger charge is -2.17. The van der Waals surface area contributed by atoms with E-state index in [0.29, 0.717) is 71.9 Å². The van der Waals surface area contributed by atoms with Crippen molar-refractivity contribution in [3.8, 4) is 28.7 Å². The Morgan fingerprint density at radius 2 is 1.67 bits per heavy atom. The maximum absolute atomic E-state index is 14.0. The lowest BCUT2D eigenvalue weighted by atomic mass is 9.93. The van der Waals surface area contributed by atoms with Crippen molar-refractivity contribution in [3.05, 3.63) is 94.4 Å². The van der Waals surface area contributed by atoms with Crippen LogP contribution < -0.4 is 5.32 Å². The molecule has 0 radical (unpaired) electrons. The average molecular weight is 729 g/mol. The number of aromatic nitrogens is 4. The molecule has 5 heterocycles. The maximum Gasteiger partial charge on any atom is 0.307 e. The number of rotatable bonds is 10. The Morgan fingerprint density at radius 1 is 0.944 bits per heavy atom. The summed E-state index contributed by atoms with van der Waals surface area (Å²) in [5, 5.41) is 22.7. The quantitative estimate of drug-likeness (QED) is 0.141. The Morgan fingerprint density at radius 3 is 2.41 bits per heavy atom. The number of pyridine rings is 1. The van der Waals surface area contributed by atoms with Gasteiger partial charge in [-0.15, -0.1) is 0 Å². The van der Waals surface area contributed by atoms with Crippen molar-refractivity contribution in [1.82, 2.24) is 29.7 Å². The summed E-state index contributed by atoms with van der Waals surface area (Å²) in [4.78, 5) is 33.7. The van der Waals surface area contributed by atoms with Crippen LogP contribution in [0.3, 0.4) is 0 Å². The predicted octanol–water partition coefficient (Wildman–Crippen LogP) is 8.17. The fraction of sp³-hybridized carbons (Fsp3) is 0.317. The second-order valence-electron chi connectivity index (χ2n) is 14.2. The molecule has 54 heavy (non-hydrogen) atoms. The number of hydrogen-bond acceptors (Lipinski definition) is 10. The van der Waals surface area contributed by atoms with Crippen molar-refractivity contribution in [2.45, 2.75) is 52.6 Å². The number of anilines is 2. The molecule has 2 aliphatic heterocycles. The molecule has 274 valence electrons. The summed E-state index contributed by atoms with van der Waals surface area (Å²) >= 11 is 0. The van der Waals surface area contributed by atoms with Gasteiger partial charge in [0.15, 0.2) is 17.2 Å². The van der Waals surface area contributed by atoms with Gasteiger partial charge >= 0.3 is 5.97 Å². The van der Waals surface area contributed by atoms with Crippen molar-refractivity contribution in [2.24, 2.45) is 5.92 Å². The highest BCUT2D eigenvalue weighted by Gasteiger charge is 2.28. The third kappa shape index (κ3) is 6.86. The Hall–Kier alpha value is -5.84. The van der Waals surface area contributed by atoms with Crippen molar-refractivity contribution >= 4 is 39.6 Å². The summed E-state index contributed by atoms with van der Waals surface area (Å²) in [7, 11) is 0. The van der Waals surface area contributed by atoms with Gasteiger partial charge in [0.2, 0.25) is 5.89 Å². The second-order valence-corrected chi connectivity index (χ2v) is 14.2. The van der Waals surface area contributed by atoms with Gasteiger partial charge in [-0.25, -0.2) is 23.7 Å². The number of benzene rings is 3. The minimum atomic E-state index is -2.85. The molecule has 1 atom stereocenters. The molecule has 1 unspecified atom stereocenters. The van der Waals surface area contributed by atoms with E-state index in [0.717, 1.165) is 64.9 Å². The number of oxazole rings is 1. The van der Waals surface area contributed by atoms with E-state index in [-0.39, 0.29) is 5.82 Å². The van der Waals surface area contributed by atoms with Gasteiger partial charge in [-0.2, -0.15) is 5.26 Å². The van der Waals surface area contributed by atoms with E-state index in [1.807, 2.05) is 62.4 Å². The molecular weight excluding hydrogens is 691 g/mol. The van der Waals surface area contributed by atoms with Crippen LogP contribution in [0.4, 0.5) is 20.3 Å². The first kappa shape index (κ1) is 35.2. The largest absolute Gasteiger partial charge is 0.481 e. The van der Waals surface area contributed by atoms with Crippen molar-refractivity contribution in [3.63, 3.8) is 0 Å². The highest BCUT2D eigenvalue weighted by atomic mass is 19.3. The molecule has 6 aromatic rings. The zero-order valence-corrected chi connectivity index (χ0v) is 29.9. The van der Waals surface area contributed by atoms with Crippen LogP contribution in [0.25, 0.3) is 44.7 Å². The van der Waals surface area contributed by atoms with Gasteiger partial charge in [0.1, 0.15) is 17.1 Å². The summed E-state index contributed by atoms with van der Waals surface area (Å²) in [6.45, 7) is 8.30. The van der Waals surface area contributed by atoms with Crippen LogP contribution in [-0.2, 0) is 17.9 Å². The molecule has 11 nitrogen and oxygen atoms in total. The molecule has 3 aromatic heterocycles. The molecule has 0 saturated carbocycles. The number of fused-ring (bicyclic) bond motifs is 2. The summed E-state index contributed by atoms with van der Waals surface area (Å²) in [5.41, 5.74) is 8.92. The number of nitrogens with one attached hydrogen (secondary N) is 1. The topological polar surface area (TPSA) is 144 Å². The van der Waals surface area contributed by atoms with E-state index < -0.39 is 24.1 Å². The molecule has 8 rings (SSSR count). The maximum atomic E-state index is 14.0. The third-order valence-corrected chi connectivity index (χ3v) is 10.5. The highest BCUT2D eigenvalue weighted by molar-refractivity contribution is 5.90. The third-order valence-electron chi connectivity index (χ3n) is 10.5. The van der Waals surface area contributed by atoms with E-state index in [4.69, 9.17) is 9.40 Å². The van der Waals surface area contributed by atoms with Crippen LogP contribution in [0.5, 0.6) is 0 Å². The number of likely N-dealkylation sites (tertiary alicyclic amines) is 2. The van der Waals surface area contributed by atoms with E-state index in [2.05, 4.69) is 36.1 Å². The van der Waals surface area contributed by atoms with Gasteiger partial charge in [0.05, 0.1) is 17.0 Å². The highest BCUT2D eigenvalue weighted by Crippen LogP contribution is 2.38. The molecule has 0 bridgehead atoms. The molecule has 0 spiro atoms. The van der Waals surface area contributed by atoms with Crippen molar-refractivity contribution < 1.29 is 23.1 Å². The lowest BCUT2D eigenvalue weighted by Crippen LogP contribution is -2.22. The molecule has 2 fully saturated rings. The number of alkyl halides is 2. The standard InChI is InChI=1S/C41H38F2N8O3/c1-23-29(7-5-9-31(23)40-48-34-16-25(15-28(18-44)36(34)54-40)20-51-14-11-27(22-51)41(52)53)30-8-6-10-32(24(30)2)46-38-35-33(47-39(49-38)37(42)43)17-26(19-45-35)21-50-12-3-4-13-50/h5-10,15-17,19,27,37H,3-4,11-14,20-22H2,1-2H3,(H,52,53)(H,46,47,49). The number of nitriles is 1. The molecule has 0 amide bonds. The molecule has 2 aliphatic rings. The molecular formula is C41H38F2N8O3. The number of halogens is 2. The summed E-state index contributed by atoms with van der Waals surface area (Å²) in [5.74, 6) is -1.16. The molecule has 3 aromatic carbocycles. The molecule has 0 aliphatic carbocycles. The van der Waals surface area contributed by atoms with E-state index >= 15 is 0 Å². The van der Waals surface area contributed by atoms with Crippen molar-refractivity contribution in [1.29, 1.82) is 5.26 Å². The lowest BCUT2D eigenvalue weighted by molar-refractivity contribution is -0.141. The van der Waals surface area contributed by atoms with E-state index in [1.54, 1.807) is 12.3 Å². The van der Waals surface area contributed by atoms with Crippen LogP contribution in [0.2, 0.25) is 0 Å². The first-order chi connectivity index (χ1) is 26.1. The molecule has 2 saturated heterocycles. The van der Waals surface area contributed by atoms with E-state index in [1.165, 1.54) is 0 Å². The number of hydrogen-bond donors (Lipinski definition) is 2.